The molecule has 1 nitrogen and oxygen atoms in total. The van der Waals surface area contributed by atoms with E-state index in [1.165, 1.54) is 12.8 Å². The molecule has 0 aromatic heterocycles. The zero-order valence-corrected chi connectivity index (χ0v) is 7.53. The third-order valence-electron chi connectivity index (χ3n) is 1.68. The molecule has 0 amide bonds. The second kappa shape index (κ2) is 5.53. The molecule has 1 heteroatoms. The van der Waals surface area contributed by atoms with Crippen molar-refractivity contribution >= 4 is 11.9 Å². The fraction of sp³-hybridized carbons (Fsp3) is 0.364. The summed E-state index contributed by atoms with van der Waals surface area (Å²) in [5.74, 6) is 0. The van der Waals surface area contributed by atoms with Gasteiger partial charge in [0.1, 0.15) is 0 Å². The molecule has 12 heavy (non-hydrogen) atoms. The Hall–Kier alpha value is -1.11. The van der Waals surface area contributed by atoms with E-state index in [0.29, 0.717) is 0 Å². The van der Waals surface area contributed by atoms with Crippen LogP contribution in [0, 0.1) is 0 Å². The summed E-state index contributed by atoms with van der Waals surface area (Å²) in [7, 11) is 0. The van der Waals surface area contributed by atoms with E-state index in [-0.39, 0.29) is 0 Å². The molecule has 0 spiro atoms. The number of rotatable bonds is 4. The first kappa shape index (κ1) is 8.98. The Morgan fingerprint density at radius 1 is 1.25 bits per heavy atom. The molecule has 0 saturated carbocycles. The van der Waals surface area contributed by atoms with E-state index >= 15 is 0 Å². The van der Waals surface area contributed by atoms with Crippen LogP contribution in [0.25, 0.3) is 0 Å². The van der Waals surface area contributed by atoms with E-state index in [1.807, 2.05) is 36.5 Å². The maximum Gasteiger partial charge on any atom is 0.0625 e. The van der Waals surface area contributed by atoms with Gasteiger partial charge < -0.3 is 0 Å². The third kappa shape index (κ3) is 3.33. The van der Waals surface area contributed by atoms with Crippen LogP contribution in [0.1, 0.15) is 26.2 Å². The maximum atomic E-state index is 4.32. The van der Waals surface area contributed by atoms with Gasteiger partial charge in [0.25, 0.3) is 0 Å². The number of hydrogen-bond acceptors (Lipinski definition) is 1. The van der Waals surface area contributed by atoms with E-state index in [1.54, 1.807) is 0 Å². The largest absolute Gasteiger partial charge is 0.261 e. The Bertz CT molecular complexity index is 226. The molecule has 0 aliphatic rings. The SMILES string of the molecule is CCCCC=Nc1ccccc1. The van der Waals surface area contributed by atoms with Crippen molar-refractivity contribution < 1.29 is 0 Å². The van der Waals surface area contributed by atoms with Crippen molar-refractivity contribution in [2.75, 3.05) is 0 Å². The smallest absolute Gasteiger partial charge is 0.0625 e. The van der Waals surface area contributed by atoms with Crippen molar-refractivity contribution in [3.8, 4) is 0 Å². The van der Waals surface area contributed by atoms with Gasteiger partial charge in [0, 0.05) is 6.21 Å². The molecule has 0 N–H and O–H groups in total. The van der Waals surface area contributed by atoms with E-state index in [9.17, 15) is 0 Å². The molecule has 1 aromatic carbocycles. The minimum atomic E-state index is 1.05. The molecule has 0 aliphatic carbocycles. The summed E-state index contributed by atoms with van der Waals surface area (Å²) in [4.78, 5) is 4.32. The average Bonchev–Trinajstić information content (AvgIpc) is 2.14. The van der Waals surface area contributed by atoms with Crippen LogP contribution in [0.4, 0.5) is 5.69 Å². The molecular formula is C11H15N. The first-order chi connectivity index (χ1) is 5.93. The maximum absolute atomic E-state index is 4.32. The van der Waals surface area contributed by atoms with Crippen molar-refractivity contribution in [2.45, 2.75) is 26.2 Å². The summed E-state index contributed by atoms with van der Waals surface area (Å²) in [6, 6.07) is 10.1. The summed E-state index contributed by atoms with van der Waals surface area (Å²) in [6.07, 6.45) is 5.56. The highest BCUT2D eigenvalue weighted by atomic mass is 14.7. The van der Waals surface area contributed by atoms with Crippen LogP contribution in [-0.2, 0) is 0 Å². The number of aliphatic imine (C=N–C) groups is 1. The molecule has 0 unspecified atom stereocenters. The summed E-state index contributed by atoms with van der Waals surface area (Å²) in [5.41, 5.74) is 1.05. The van der Waals surface area contributed by atoms with Crippen molar-refractivity contribution in [2.24, 2.45) is 4.99 Å². The Balaban J connectivity index is 2.36. The highest BCUT2D eigenvalue weighted by Crippen LogP contribution is 2.08. The number of para-hydroxylation sites is 1. The zero-order valence-electron chi connectivity index (χ0n) is 7.53. The molecule has 0 aliphatic heterocycles. The second-order valence-electron chi connectivity index (χ2n) is 2.79. The molecular weight excluding hydrogens is 146 g/mol. The van der Waals surface area contributed by atoms with Crippen LogP contribution in [-0.4, -0.2) is 6.21 Å². The van der Waals surface area contributed by atoms with Crippen molar-refractivity contribution in [1.29, 1.82) is 0 Å². The number of benzene rings is 1. The van der Waals surface area contributed by atoms with Crippen LogP contribution in [0.3, 0.4) is 0 Å². The molecule has 0 heterocycles. The van der Waals surface area contributed by atoms with Gasteiger partial charge in [-0.15, -0.1) is 0 Å². The summed E-state index contributed by atoms with van der Waals surface area (Å²) >= 11 is 0. The van der Waals surface area contributed by atoms with Gasteiger partial charge in [-0.1, -0.05) is 31.5 Å². The minimum Gasteiger partial charge on any atom is -0.261 e. The molecule has 0 radical (unpaired) electrons. The average molecular weight is 161 g/mol. The van der Waals surface area contributed by atoms with Crippen molar-refractivity contribution in [1.82, 2.24) is 0 Å². The van der Waals surface area contributed by atoms with Crippen LogP contribution in [0.15, 0.2) is 35.3 Å². The van der Waals surface area contributed by atoms with Gasteiger partial charge in [0.05, 0.1) is 5.69 Å². The van der Waals surface area contributed by atoms with Crippen LogP contribution >= 0.6 is 0 Å². The van der Waals surface area contributed by atoms with Crippen molar-refractivity contribution in [3.05, 3.63) is 30.3 Å². The van der Waals surface area contributed by atoms with E-state index < -0.39 is 0 Å². The normalized spacial score (nSPS) is 10.8. The van der Waals surface area contributed by atoms with E-state index in [0.717, 1.165) is 12.1 Å². The Morgan fingerprint density at radius 3 is 2.67 bits per heavy atom. The Kier molecular flexibility index (Phi) is 4.14. The predicted octanol–water partition coefficient (Wildman–Crippen LogP) is 3.58. The number of nitrogens with zero attached hydrogens (tertiary/aromatic N) is 1. The fourth-order valence-corrected chi connectivity index (χ4v) is 0.979. The lowest BCUT2D eigenvalue weighted by Crippen LogP contribution is -1.74. The number of unbranched alkanes of at least 4 members (excludes halogenated alkanes) is 2. The molecule has 1 rings (SSSR count). The monoisotopic (exact) mass is 161 g/mol. The number of hydrogen-bond donors (Lipinski definition) is 0. The summed E-state index contributed by atoms with van der Waals surface area (Å²) < 4.78 is 0. The van der Waals surface area contributed by atoms with Crippen LogP contribution < -0.4 is 0 Å². The highest BCUT2D eigenvalue weighted by molar-refractivity contribution is 5.62. The standard InChI is InChI=1S/C11H15N/c1-2-3-7-10-12-11-8-5-4-6-9-11/h4-6,8-10H,2-3,7H2,1H3. The zero-order chi connectivity index (χ0) is 8.65. The molecule has 64 valence electrons. The Labute approximate surface area is 74.2 Å². The fourth-order valence-electron chi connectivity index (χ4n) is 0.979. The topological polar surface area (TPSA) is 12.4 Å². The van der Waals surface area contributed by atoms with Gasteiger partial charge in [0.15, 0.2) is 0 Å². The minimum absolute atomic E-state index is 1.05. The van der Waals surface area contributed by atoms with Gasteiger partial charge in [-0.2, -0.15) is 0 Å². The molecule has 0 saturated heterocycles. The van der Waals surface area contributed by atoms with Gasteiger partial charge in [-0.25, -0.2) is 0 Å². The lowest BCUT2D eigenvalue weighted by Gasteiger charge is -1.91. The van der Waals surface area contributed by atoms with E-state index in [4.69, 9.17) is 0 Å². The second-order valence-corrected chi connectivity index (χ2v) is 2.79. The first-order valence-corrected chi connectivity index (χ1v) is 4.51. The molecule has 0 bridgehead atoms. The van der Waals surface area contributed by atoms with Gasteiger partial charge in [-0.05, 0) is 25.0 Å². The van der Waals surface area contributed by atoms with Crippen LogP contribution in [0.2, 0.25) is 0 Å². The molecule has 1 aromatic rings. The van der Waals surface area contributed by atoms with E-state index in [2.05, 4.69) is 11.9 Å². The van der Waals surface area contributed by atoms with Gasteiger partial charge in [-0.3, -0.25) is 4.99 Å². The highest BCUT2D eigenvalue weighted by Gasteiger charge is 1.82. The van der Waals surface area contributed by atoms with Crippen LogP contribution in [0.5, 0.6) is 0 Å². The first-order valence-electron chi connectivity index (χ1n) is 4.51. The van der Waals surface area contributed by atoms with Gasteiger partial charge >= 0.3 is 0 Å². The quantitative estimate of drug-likeness (QED) is 0.473. The lowest BCUT2D eigenvalue weighted by molar-refractivity contribution is 0.843. The summed E-state index contributed by atoms with van der Waals surface area (Å²) in [6.45, 7) is 2.19. The molecule has 0 fully saturated rings. The lowest BCUT2D eigenvalue weighted by atomic mass is 10.3. The summed E-state index contributed by atoms with van der Waals surface area (Å²) in [5, 5.41) is 0. The molecule has 0 atom stereocenters. The van der Waals surface area contributed by atoms with Crippen molar-refractivity contribution in [3.63, 3.8) is 0 Å². The van der Waals surface area contributed by atoms with Gasteiger partial charge in [0.2, 0.25) is 0 Å². The predicted molar refractivity (Wildman–Crippen MR) is 54.1 cm³/mol. The Morgan fingerprint density at radius 2 is 2.00 bits per heavy atom. The third-order valence-corrected chi connectivity index (χ3v) is 1.68.